The largest absolute Gasteiger partial charge is 0.339 e. The van der Waals surface area contributed by atoms with Crippen LogP contribution in [0.25, 0.3) is 11.4 Å². The molecule has 1 amide bonds. The summed E-state index contributed by atoms with van der Waals surface area (Å²) in [4.78, 5) is 18.6. The predicted octanol–water partition coefficient (Wildman–Crippen LogP) is 4.39. The molecule has 0 aliphatic carbocycles. The van der Waals surface area contributed by atoms with E-state index in [9.17, 15) is 4.79 Å². The molecule has 4 rings (SSSR count). The Morgan fingerprint density at radius 2 is 1.96 bits per heavy atom. The van der Waals surface area contributed by atoms with Crippen molar-refractivity contribution in [2.75, 3.05) is 13.1 Å². The minimum Gasteiger partial charge on any atom is -0.339 e. The van der Waals surface area contributed by atoms with E-state index in [1.165, 1.54) is 0 Å². The van der Waals surface area contributed by atoms with Crippen molar-refractivity contribution >= 4 is 33.4 Å². The van der Waals surface area contributed by atoms with Crippen molar-refractivity contribution in [3.05, 3.63) is 69.5 Å². The summed E-state index contributed by atoms with van der Waals surface area (Å²) in [6.45, 7) is 1.15. The Morgan fingerprint density at radius 3 is 2.68 bits per heavy atom. The van der Waals surface area contributed by atoms with Crippen LogP contribution >= 0.6 is 27.5 Å². The molecule has 1 aliphatic heterocycles. The van der Waals surface area contributed by atoms with Gasteiger partial charge in [-0.15, -0.1) is 0 Å². The smallest absolute Gasteiger partial charge is 0.253 e. The van der Waals surface area contributed by atoms with Crippen LogP contribution in [-0.2, 0) is 0 Å². The molecule has 25 heavy (non-hydrogen) atoms. The number of aromatic nitrogens is 2. The molecule has 0 unspecified atom stereocenters. The first-order valence-electron chi connectivity index (χ1n) is 7.74. The number of rotatable bonds is 3. The SMILES string of the molecule is O=C(c1ccc(Br)cc1)N1CC(c2nc(-c3cccc(Cl)c3)no2)C1. The summed E-state index contributed by atoms with van der Waals surface area (Å²) in [5.41, 5.74) is 1.48. The van der Waals surface area contributed by atoms with Gasteiger partial charge >= 0.3 is 0 Å². The van der Waals surface area contributed by atoms with Crippen LogP contribution in [0.4, 0.5) is 0 Å². The molecular formula is C18H13BrClN3O2. The van der Waals surface area contributed by atoms with Gasteiger partial charge in [0.05, 0.1) is 5.92 Å². The van der Waals surface area contributed by atoms with Gasteiger partial charge in [-0.1, -0.05) is 44.8 Å². The Hall–Kier alpha value is -2.18. The van der Waals surface area contributed by atoms with Crippen molar-refractivity contribution < 1.29 is 9.32 Å². The number of carbonyl (C=O) groups excluding carboxylic acids is 1. The van der Waals surface area contributed by atoms with E-state index in [0.29, 0.717) is 35.4 Å². The van der Waals surface area contributed by atoms with Gasteiger partial charge in [0.2, 0.25) is 11.7 Å². The summed E-state index contributed by atoms with van der Waals surface area (Å²) < 4.78 is 6.31. The van der Waals surface area contributed by atoms with E-state index in [2.05, 4.69) is 26.1 Å². The molecule has 0 radical (unpaired) electrons. The van der Waals surface area contributed by atoms with Crippen LogP contribution in [0.3, 0.4) is 0 Å². The van der Waals surface area contributed by atoms with Gasteiger partial charge in [0.1, 0.15) is 0 Å². The number of hydrogen-bond acceptors (Lipinski definition) is 4. The average molecular weight is 419 g/mol. The maximum atomic E-state index is 12.4. The van der Waals surface area contributed by atoms with Gasteiger partial charge in [-0.05, 0) is 36.4 Å². The van der Waals surface area contributed by atoms with Gasteiger partial charge in [-0.3, -0.25) is 4.79 Å². The molecule has 3 aromatic rings. The molecule has 0 bridgehead atoms. The second-order valence-corrected chi connectivity index (χ2v) is 7.23. The third-order valence-electron chi connectivity index (χ3n) is 4.13. The third-order valence-corrected chi connectivity index (χ3v) is 4.90. The van der Waals surface area contributed by atoms with Crippen LogP contribution in [0.5, 0.6) is 0 Å². The topological polar surface area (TPSA) is 59.2 Å². The van der Waals surface area contributed by atoms with Crippen molar-refractivity contribution in [1.29, 1.82) is 0 Å². The van der Waals surface area contributed by atoms with E-state index in [1.807, 2.05) is 36.4 Å². The lowest BCUT2D eigenvalue weighted by molar-refractivity contribution is 0.0569. The molecule has 0 spiro atoms. The van der Waals surface area contributed by atoms with Crippen LogP contribution in [0.1, 0.15) is 22.2 Å². The Labute approximate surface area is 157 Å². The predicted molar refractivity (Wildman–Crippen MR) is 97.5 cm³/mol. The number of benzene rings is 2. The normalized spacial score (nSPS) is 14.4. The highest BCUT2D eigenvalue weighted by Crippen LogP contribution is 2.29. The van der Waals surface area contributed by atoms with E-state index < -0.39 is 0 Å². The lowest BCUT2D eigenvalue weighted by Crippen LogP contribution is -2.48. The molecule has 7 heteroatoms. The Morgan fingerprint density at radius 1 is 1.20 bits per heavy atom. The summed E-state index contributed by atoms with van der Waals surface area (Å²) in [6.07, 6.45) is 0. The van der Waals surface area contributed by atoms with E-state index in [4.69, 9.17) is 16.1 Å². The second-order valence-electron chi connectivity index (χ2n) is 5.88. The number of nitrogens with zero attached hydrogens (tertiary/aromatic N) is 3. The first-order valence-corrected chi connectivity index (χ1v) is 8.91. The maximum absolute atomic E-state index is 12.4. The van der Waals surface area contributed by atoms with Crippen LogP contribution in [0.15, 0.2) is 57.5 Å². The summed E-state index contributed by atoms with van der Waals surface area (Å²) >= 11 is 9.36. The molecule has 2 heterocycles. The van der Waals surface area contributed by atoms with Crippen LogP contribution in [0, 0.1) is 0 Å². The van der Waals surface area contributed by atoms with Crippen LogP contribution < -0.4 is 0 Å². The Kier molecular flexibility index (Phi) is 4.31. The quantitative estimate of drug-likeness (QED) is 0.633. The van der Waals surface area contributed by atoms with Gasteiger partial charge in [-0.25, -0.2) is 0 Å². The summed E-state index contributed by atoms with van der Waals surface area (Å²) in [5, 5.41) is 4.64. The van der Waals surface area contributed by atoms with Gasteiger partial charge in [-0.2, -0.15) is 4.98 Å². The standard InChI is InChI=1S/C18H13BrClN3O2/c19-14-6-4-11(5-7-14)18(24)23-9-13(10-23)17-21-16(22-25-17)12-2-1-3-15(20)8-12/h1-8,13H,9-10H2. The maximum Gasteiger partial charge on any atom is 0.253 e. The van der Waals surface area contributed by atoms with Gasteiger partial charge in [0.25, 0.3) is 5.91 Å². The zero-order valence-corrected chi connectivity index (χ0v) is 15.4. The summed E-state index contributed by atoms with van der Waals surface area (Å²) in [5.74, 6) is 1.14. The fraction of sp³-hybridized carbons (Fsp3) is 0.167. The molecule has 126 valence electrons. The number of carbonyl (C=O) groups is 1. The minimum atomic E-state index is 0.0123. The average Bonchev–Trinajstić information content (AvgIpc) is 3.03. The van der Waals surface area contributed by atoms with Crippen molar-refractivity contribution in [2.45, 2.75) is 5.92 Å². The van der Waals surface area contributed by atoms with Gasteiger partial charge < -0.3 is 9.42 Å². The molecule has 1 saturated heterocycles. The summed E-state index contributed by atoms with van der Waals surface area (Å²) in [7, 11) is 0. The van der Waals surface area contributed by atoms with E-state index in [-0.39, 0.29) is 11.8 Å². The highest BCUT2D eigenvalue weighted by atomic mass is 79.9. The number of amides is 1. The third kappa shape index (κ3) is 3.32. The minimum absolute atomic E-state index is 0.0123. The van der Waals surface area contributed by atoms with E-state index >= 15 is 0 Å². The molecule has 2 aromatic carbocycles. The van der Waals surface area contributed by atoms with Gasteiger partial charge in [0.15, 0.2) is 0 Å². The van der Waals surface area contributed by atoms with Crippen LogP contribution in [-0.4, -0.2) is 34.0 Å². The second kappa shape index (κ2) is 6.61. The molecule has 1 aliphatic rings. The zero-order chi connectivity index (χ0) is 17.4. The zero-order valence-electron chi connectivity index (χ0n) is 13.0. The molecule has 0 atom stereocenters. The van der Waals surface area contributed by atoms with Crippen molar-refractivity contribution in [3.63, 3.8) is 0 Å². The highest BCUT2D eigenvalue weighted by Gasteiger charge is 2.36. The first kappa shape index (κ1) is 16.3. The lowest BCUT2D eigenvalue weighted by Gasteiger charge is -2.37. The molecule has 0 saturated carbocycles. The van der Waals surface area contributed by atoms with Gasteiger partial charge in [0, 0.05) is 33.7 Å². The highest BCUT2D eigenvalue weighted by molar-refractivity contribution is 9.10. The summed E-state index contributed by atoms with van der Waals surface area (Å²) in [6, 6.07) is 14.6. The molecule has 5 nitrogen and oxygen atoms in total. The van der Waals surface area contributed by atoms with Crippen molar-refractivity contribution in [1.82, 2.24) is 15.0 Å². The fourth-order valence-electron chi connectivity index (χ4n) is 2.72. The molecule has 0 N–H and O–H groups in total. The number of halogens is 2. The lowest BCUT2D eigenvalue weighted by atomic mass is 9.99. The Bertz CT molecular complexity index is 920. The fourth-order valence-corrected chi connectivity index (χ4v) is 3.18. The Balaban J connectivity index is 1.42. The van der Waals surface area contributed by atoms with E-state index in [1.54, 1.807) is 17.0 Å². The van der Waals surface area contributed by atoms with Crippen molar-refractivity contribution in [2.24, 2.45) is 0 Å². The van der Waals surface area contributed by atoms with E-state index in [0.717, 1.165) is 10.0 Å². The molecule has 1 fully saturated rings. The van der Waals surface area contributed by atoms with Crippen LogP contribution in [0.2, 0.25) is 5.02 Å². The monoisotopic (exact) mass is 417 g/mol. The molecular weight excluding hydrogens is 406 g/mol. The number of hydrogen-bond donors (Lipinski definition) is 0. The first-order chi connectivity index (χ1) is 12.1. The van der Waals surface area contributed by atoms with Crippen molar-refractivity contribution in [3.8, 4) is 11.4 Å². The molecule has 1 aromatic heterocycles. The number of likely N-dealkylation sites (tertiary alicyclic amines) is 1.